The average Bonchev–Trinajstić information content (AvgIpc) is 2.39. The van der Waals surface area contributed by atoms with Crippen LogP contribution in [0.15, 0.2) is 30.3 Å². The third-order valence-corrected chi connectivity index (χ3v) is 3.39. The van der Waals surface area contributed by atoms with Crippen LogP contribution in [0, 0.1) is 17.8 Å². The summed E-state index contributed by atoms with van der Waals surface area (Å²) in [5.41, 5.74) is 1.06. The lowest BCUT2D eigenvalue weighted by Gasteiger charge is -2.33. The van der Waals surface area contributed by atoms with Gasteiger partial charge in [0.05, 0.1) is 6.04 Å². The highest BCUT2D eigenvalue weighted by molar-refractivity contribution is 5.34. The molecule has 2 atom stereocenters. The first-order valence-electron chi connectivity index (χ1n) is 6.17. The molecule has 1 N–H and O–H groups in total. The van der Waals surface area contributed by atoms with Gasteiger partial charge in [-0.2, -0.15) is 0 Å². The molecule has 1 saturated heterocycles. The van der Waals surface area contributed by atoms with E-state index in [9.17, 15) is 5.11 Å². The molecule has 1 fully saturated rings. The lowest BCUT2D eigenvalue weighted by molar-refractivity contribution is 0.124. The molecule has 1 aromatic carbocycles. The zero-order valence-electron chi connectivity index (χ0n) is 10.3. The third-order valence-electron chi connectivity index (χ3n) is 3.39. The molecule has 2 rings (SSSR count). The Morgan fingerprint density at radius 2 is 2.12 bits per heavy atom. The molecule has 0 amide bonds. The van der Waals surface area contributed by atoms with Gasteiger partial charge in [0.25, 0.3) is 0 Å². The van der Waals surface area contributed by atoms with Crippen LogP contribution in [0.3, 0.4) is 0 Å². The smallest absolute Gasteiger partial charge is 0.0719 e. The normalized spacial score (nSPS) is 25.1. The van der Waals surface area contributed by atoms with E-state index in [2.05, 4.69) is 23.8 Å². The van der Waals surface area contributed by atoms with Gasteiger partial charge >= 0.3 is 0 Å². The fourth-order valence-electron chi connectivity index (χ4n) is 2.18. The molecule has 17 heavy (non-hydrogen) atoms. The standard InChI is InChI=1S/C15H19NO/c1-16-10-9-14(12-17)11-15(16)8-7-13-5-3-2-4-6-13/h2-6,14-15,17H,9-12H2,1H3/t14-,15+/m1/s1. The summed E-state index contributed by atoms with van der Waals surface area (Å²) < 4.78 is 0. The van der Waals surface area contributed by atoms with Gasteiger partial charge in [0.1, 0.15) is 0 Å². The topological polar surface area (TPSA) is 23.5 Å². The maximum atomic E-state index is 9.21. The molecular formula is C15H19NO. The molecule has 0 radical (unpaired) electrons. The number of hydrogen-bond donors (Lipinski definition) is 1. The van der Waals surface area contributed by atoms with Crippen LogP contribution in [0.4, 0.5) is 0 Å². The van der Waals surface area contributed by atoms with E-state index in [0.29, 0.717) is 5.92 Å². The summed E-state index contributed by atoms with van der Waals surface area (Å²) >= 11 is 0. The van der Waals surface area contributed by atoms with Gasteiger partial charge in [0.2, 0.25) is 0 Å². The summed E-state index contributed by atoms with van der Waals surface area (Å²) in [4.78, 5) is 2.28. The minimum absolute atomic E-state index is 0.279. The fraction of sp³-hybridized carbons (Fsp3) is 0.467. The summed E-state index contributed by atoms with van der Waals surface area (Å²) in [5.74, 6) is 6.95. The van der Waals surface area contributed by atoms with E-state index < -0.39 is 0 Å². The van der Waals surface area contributed by atoms with Gasteiger partial charge < -0.3 is 5.11 Å². The van der Waals surface area contributed by atoms with Crippen molar-refractivity contribution < 1.29 is 5.11 Å². The van der Waals surface area contributed by atoms with Crippen LogP contribution in [0.2, 0.25) is 0 Å². The first-order chi connectivity index (χ1) is 8.29. The number of rotatable bonds is 1. The minimum Gasteiger partial charge on any atom is -0.396 e. The second kappa shape index (κ2) is 5.86. The third kappa shape index (κ3) is 3.33. The summed E-state index contributed by atoms with van der Waals surface area (Å²) in [6.45, 7) is 1.32. The van der Waals surface area contributed by atoms with Gasteiger partial charge in [-0.25, -0.2) is 0 Å². The predicted octanol–water partition coefficient (Wildman–Crippen LogP) is 1.74. The zero-order valence-corrected chi connectivity index (χ0v) is 10.3. The van der Waals surface area contributed by atoms with Crippen molar-refractivity contribution in [1.29, 1.82) is 0 Å². The van der Waals surface area contributed by atoms with E-state index in [0.717, 1.165) is 24.9 Å². The van der Waals surface area contributed by atoms with Crippen LogP contribution in [0.5, 0.6) is 0 Å². The Bertz CT molecular complexity index is 404. The van der Waals surface area contributed by atoms with E-state index in [1.165, 1.54) is 0 Å². The Labute approximate surface area is 103 Å². The maximum absolute atomic E-state index is 9.21. The molecule has 0 aliphatic carbocycles. The Morgan fingerprint density at radius 1 is 1.35 bits per heavy atom. The van der Waals surface area contributed by atoms with Gasteiger partial charge in [-0.3, -0.25) is 4.90 Å². The van der Waals surface area contributed by atoms with Crippen LogP contribution >= 0.6 is 0 Å². The first kappa shape index (κ1) is 12.2. The highest BCUT2D eigenvalue weighted by Crippen LogP contribution is 2.20. The Hall–Kier alpha value is -1.30. The Balaban J connectivity index is 2.04. The van der Waals surface area contributed by atoms with Crippen molar-refractivity contribution in [3.8, 4) is 11.8 Å². The van der Waals surface area contributed by atoms with Crippen LogP contribution in [0.1, 0.15) is 18.4 Å². The van der Waals surface area contributed by atoms with Crippen LogP contribution in [0.25, 0.3) is 0 Å². The number of hydrogen-bond acceptors (Lipinski definition) is 2. The predicted molar refractivity (Wildman–Crippen MR) is 69.5 cm³/mol. The van der Waals surface area contributed by atoms with Crippen molar-refractivity contribution in [2.45, 2.75) is 18.9 Å². The number of likely N-dealkylation sites (tertiary alicyclic amines) is 1. The largest absolute Gasteiger partial charge is 0.396 e. The number of piperidine rings is 1. The van der Waals surface area contributed by atoms with Crippen molar-refractivity contribution >= 4 is 0 Å². The number of aliphatic hydroxyl groups is 1. The molecule has 0 spiro atoms. The summed E-state index contributed by atoms with van der Waals surface area (Å²) in [7, 11) is 2.11. The van der Waals surface area contributed by atoms with Crippen molar-refractivity contribution in [2.75, 3.05) is 20.2 Å². The monoisotopic (exact) mass is 229 g/mol. The molecule has 0 aromatic heterocycles. The van der Waals surface area contributed by atoms with Crippen molar-refractivity contribution in [3.63, 3.8) is 0 Å². The molecule has 1 heterocycles. The lowest BCUT2D eigenvalue weighted by atomic mass is 9.92. The van der Waals surface area contributed by atoms with E-state index in [4.69, 9.17) is 0 Å². The Kier molecular flexibility index (Phi) is 4.19. The van der Waals surface area contributed by atoms with Crippen molar-refractivity contribution in [3.05, 3.63) is 35.9 Å². The van der Waals surface area contributed by atoms with Gasteiger partial charge in [-0.15, -0.1) is 0 Å². The minimum atomic E-state index is 0.279. The van der Waals surface area contributed by atoms with Crippen LogP contribution in [-0.4, -0.2) is 36.2 Å². The second-order valence-corrected chi connectivity index (χ2v) is 4.70. The quantitative estimate of drug-likeness (QED) is 0.742. The molecule has 1 aliphatic rings. The molecule has 0 saturated carbocycles. The molecule has 90 valence electrons. The summed E-state index contributed by atoms with van der Waals surface area (Å²) in [6.07, 6.45) is 2.06. The maximum Gasteiger partial charge on any atom is 0.0719 e. The fourth-order valence-corrected chi connectivity index (χ4v) is 2.18. The number of benzene rings is 1. The molecule has 2 nitrogen and oxygen atoms in total. The van der Waals surface area contributed by atoms with E-state index in [-0.39, 0.29) is 12.6 Å². The van der Waals surface area contributed by atoms with Gasteiger partial charge in [-0.1, -0.05) is 30.0 Å². The molecule has 1 aromatic rings. The van der Waals surface area contributed by atoms with Gasteiger partial charge in [0, 0.05) is 12.2 Å². The van der Waals surface area contributed by atoms with Crippen LogP contribution in [-0.2, 0) is 0 Å². The summed E-state index contributed by atoms with van der Waals surface area (Å²) in [6, 6.07) is 10.3. The van der Waals surface area contributed by atoms with Gasteiger partial charge in [0.15, 0.2) is 0 Å². The van der Waals surface area contributed by atoms with Crippen molar-refractivity contribution in [2.24, 2.45) is 5.92 Å². The highest BCUT2D eigenvalue weighted by Gasteiger charge is 2.23. The molecule has 0 bridgehead atoms. The summed E-state index contributed by atoms with van der Waals surface area (Å²) in [5, 5.41) is 9.21. The first-order valence-corrected chi connectivity index (χ1v) is 6.17. The van der Waals surface area contributed by atoms with Gasteiger partial charge in [-0.05, 0) is 44.5 Å². The SMILES string of the molecule is CN1CC[C@@H](CO)C[C@@H]1C#Cc1ccccc1. The number of aliphatic hydroxyl groups excluding tert-OH is 1. The van der Waals surface area contributed by atoms with Crippen molar-refractivity contribution in [1.82, 2.24) is 4.90 Å². The Morgan fingerprint density at radius 3 is 2.82 bits per heavy atom. The van der Waals surface area contributed by atoms with Crippen LogP contribution < -0.4 is 0 Å². The molecule has 2 heteroatoms. The molecule has 0 unspecified atom stereocenters. The lowest BCUT2D eigenvalue weighted by Crippen LogP contribution is -2.39. The van der Waals surface area contributed by atoms with E-state index in [1.54, 1.807) is 0 Å². The molecule has 1 aliphatic heterocycles. The zero-order chi connectivity index (χ0) is 12.1. The average molecular weight is 229 g/mol. The van der Waals surface area contributed by atoms with E-state index in [1.807, 2.05) is 30.3 Å². The molecular weight excluding hydrogens is 210 g/mol. The highest BCUT2D eigenvalue weighted by atomic mass is 16.3. The second-order valence-electron chi connectivity index (χ2n) is 4.70. The van der Waals surface area contributed by atoms with E-state index >= 15 is 0 Å². The number of nitrogens with zero attached hydrogens (tertiary/aromatic N) is 1.